The van der Waals surface area contributed by atoms with Crippen LogP contribution < -0.4 is 4.90 Å². The van der Waals surface area contributed by atoms with Crippen LogP contribution in [-0.2, 0) is 15.6 Å². The van der Waals surface area contributed by atoms with E-state index in [0.29, 0.717) is 15.9 Å². The van der Waals surface area contributed by atoms with Gasteiger partial charge in [0.15, 0.2) is 15.0 Å². The first-order chi connectivity index (χ1) is 12.8. The first kappa shape index (κ1) is 18.7. The van der Waals surface area contributed by atoms with Crippen molar-refractivity contribution in [1.29, 1.82) is 0 Å². The second-order valence-electron chi connectivity index (χ2n) is 6.50. The molecule has 4 nitrogen and oxygen atoms in total. The van der Waals surface area contributed by atoms with Crippen LogP contribution in [0, 0.1) is 11.6 Å². The highest BCUT2D eigenvalue weighted by molar-refractivity contribution is 8.13. The van der Waals surface area contributed by atoms with Crippen LogP contribution in [0.2, 0.25) is 5.02 Å². The minimum absolute atomic E-state index is 0.0536. The van der Waals surface area contributed by atoms with E-state index in [2.05, 4.69) is 4.99 Å². The van der Waals surface area contributed by atoms with Crippen LogP contribution in [0.25, 0.3) is 0 Å². The second-order valence-corrected chi connectivity index (χ2v) is 10.0. The molecule has 0 unspecified atom stereocenters. The van der Waals surface area contributed by atoms with Crippen LogP contribution in [-0.4, -0.2) is 37.2 Å². The highest BCUT2D eigenvalue weighted by Gasteiger charge is 2.47. The Hall–Kier alpha value is -1.64. The van der Waals surface area contributed by atoms with Crippen molar-refractivity contribution in [2.24, 2.45) is 4.99 Å². The van der Waals surface area contributed by atoms with Crippen LogP contribution in [0.4, 0.5) is 14.5 Å². The van der Waals surface area contributed by atoms with Gasteiger partial charge in [0.1, 0.15) is 11.6 Å². The molecule has 27 heavy (non-hydrogen) atoms. The molecule has 142 valence electrons. The Bertz CT molecular complexity index is 1010. The van der Waals surface area contributed by atoms with Gasteiger partial charge >= 0.3 is 0 Å². The van der Waals surface area contributed by atoms with Crippen LogP contribution in [0.5, 0.6) is 0 Å². The number of anilines is 1. The predicted molar refractivity (Wildman–Crippen MR) is 105 cm³/mol. The van der Waals surface area contributed by atoms with Crippen LogP contribution in [0.3, 0.4) is 0 Å². The van der Waals surface area contributed by atoms with Crippen molar-refractivity contribution in [2.75, 3.05) is 16.4 Å². The van der Waals surface area contributed by atoms with Gasteiger partial charge < -0.3 is 4.90 Å². The van der Waals surface area contributed by atoms with Crippen molar-refractivity contribution in [2.45, 2.75) is 17.8 Å². The molecule has 1 fully saturated rings. The quantitative estimate of drug-likeness (QED) is 0.744. The van der Waals surface area contributed by atoms with E-state index in [1.54, 1.807) is 17.0 Å². The maximum Gasteiger partial charge on any atom is 0.164 e. The number of sulfone groups is 1. The molecule has 2 heterocycles. The Balaban J connectivity index is 1.64. The SMILES string of the molecule is O=S1(=O)C[C@@H]2N=C(SCc3ccc(Cl)cc3)N(c3ccc(F)cc3F)[C@@H]2C1. The molecule has 0 saturated carbocycles. The van der Waals surface area contributed by atoms with Gasteiger partial charge in [-0.05, 0) is 29.8 Å². The van der Waals surface area contributed by atoms with Gasteiger partial charge in [-0.3, -0.25) is 4.99 Å². The summed E-state index contributed by atoms with van der Waals surface area (Å²) in [5.41, 5.74) is 1.15. The molecule has 0 amide bonds. The summed E-state index contributed by atoms with van der Waals surface area (Å²) < 4.78 is 51.8. The number of fused-ring (bicyclic) bond motifs is 1. The molecule has 2 aliphatic heterocycles. The normalized spacial score (nSPS) is 23.4. The Labute approximate surface area is 165 Å². The van der Waals surface area contributed by atoms with E-state index in [0.717, 1.165) is 17.7 Å². The predicted octanol–water partition coefficient (Wildman–Crippen LogP) is 3.89. The summed E-state index contributed by atoms with van der Waals surface area (Å²) in [4.78, 5) is 6.14. The maximum atomic E-state index is 14.4. The number of hydrogen-bond donors (Lipinski definition) is 0. The van der Waals surface area contributed by atoms with Gasteiger partial charge in [0, 0.05) is 16.8 Å². The van der Waals surface area contributed by atoms with Gasteiger partial charge in [-0.2, -0.15) is 0 Å². The summed E-state index contributed by atoms with van der Waals surface area (Å²) >= 11 is 7.29. The zero-order chi connectivity index (χ0) is 19.2. The van der Waals surface area contributed by atoms with Crippen LogP contribution in [0.1, 0.15) is 5.56 Å². The lowest BCUT2D eigenvalue weighted by atomic mass is 10.1. The molecule has 0 N–H and O–H groups in total. The molecule has 0 radical (unpaired) electrons. The number of hydrogen-bond acceptors (Lipinski definition) is 5. The van der Waals surface area contributed by atoms with Crippen molar-refractivity contribution >= 4 is 44.1 Å². The van der Waals surface area contributed by atoms with E-state index < -0.39 is 33.6 Å². The fourth-order valence-electron chi connectivity index (χ4n) is 3.32. The lowest BCUT2D eigenvalue weighted by molar-refractivity contribution is 0.577. The molecule has 2 aromatic carbocycles. The van der Waals surface area contributed by atoms with E-state index in [1.165, 1.54) is 17.8 Å². The molecule has 4 rings (SSSR count). The van der Waals surface area contributed by atoms with Crippen LogP contribution in [0.15, 0.2) is 47.5 Å². The number of rotatable bonds is 3. The summed E-state index contributed by atoms with van der Waals surface area (Å²) in [7, 11) is -3.23. The number of amidine groups is 1. The third-order valence-corrected chi connectivity index (χ3v) is 7.55. The summed E-state index contributed by atoms with van der Waals surface area (Å²) in [6.07, 6.45) is 0. The van der Waals surface area contributed by atoms with E-state index in [-0.39, 0.29) is 17.2 Å². The third-order valence-electron chi connectivity index (χ3n) is 4.56. The van der Waals surface area contributed by atoms with Gasteiger partial charge in [-0.25, -0.2) is 17.2 Å². The lowest BCUT2D eigenvalue weighted by Crippen LogP contribution is -2.39. The molecule has 2 aliphatic rings. The molecular formula is C18H15ClF2N2O2S2. The molecular weight excluding hydrogens is 414 g/mol. The summed E-state index contributed by atoms with van der Waals surface area (Å²) in [5, 5.41) is 1.18. The van der Waals surface area contributed by atoms with Gasteiger partial charge in [0.05, 0.1) is 29.3 Å². The van der Waals surface area contributed by atoms with Gasteiger partial charge in [-0.1, -0.05) is 35.5 Å². The Morgan fingerprint density at radius 2 is 1.89 bits per heavy atom. The fraction of sp³-hybridized carbons (Fsp3) is 0.278. The largest absolute Gasteiger partial charge is 0.312 e. The molecule has 2 atom stereocenters. The van der Waals surface area contributed by atoms with Gasteiger partial charge in [-0.15, -0.1) is 0 Å². The average molecular weight is 429 g/mol. The maximum absolute atomic E-state index is 14.4. The highest BCUT2D eigenvalue weighted by Crippen LogP contribution is 2.37. The summed E-state index contributed by atoms with van der Waals surface area (Å²) in [5.74, 6) is -0.995. The first-order valence-corrected chi connectivity index (χ1v) is 11.4. The minimum Gasteiger partial charge on any atom is -0.312 e. The zero-order valence-corrected chi connectivity index (χ0v) is 16.4. The number of nitrogens with zero attached hydrogens (tertiary/aromatic N) is 2. The monoisotopic (exact) mass is 428 g/mol. The van der Waals surface area contributed by atoms with Crippen molar-refractivity contribution in [3.05, 3.63) is 64.7 Å². The molecule has 0 bridgehead atoms. The summed E-state index contributed by atoms with van der Waals surface area (Å²) in [6.45, 7) is 0. The van der Waals surface area contributed by atoms with Gasteiger partial charge in [0.25, 0.3) is 0 Å². The lowest BCUT2D eigenvalue weighted by Gasteiger charge is -2.26. The molecule has 9 heteroatoms. The van der Waals surface area contributed by atoms with Crippen molar-refractivity contribution in [3.63, 3.8) is 0 Å². The topological polar surface area (TPSA) is 49.7 Å². The van der Waals surface area contributed by atoms with E-state index in [1.807, 2.05) is 12.1 Å². The number of halogens is 3. The number of benzene rings is 2. The van der Waals surface area contributed by atoms with E-state index in [4.69, 9.17) is 11.6 Å². The van der Waals surface area contributed by atoms with Crippen molar-refractivity contribution in [1.82, 2.24) is 0 Å². The van der Waals surface area contributed by atoms with Crippen molar-refractivity contribution in [3.8, 4) is 0 Å². The second kappa shape index (κ2) is 7.07. The average Bonchev–Trinajstić information content (AvgIpc) is 3.06. The number of thioether (sulfide) groups is 1. The first-order valence-electron chi connectivity index (χ1n) is 8.22. The molecule has 2 aromatic rings. The van der Waals surface area contributed by atoms with E-state index in [9.17, 15) is 17.2 Å². The van der Waals surface area contributed by atoms with Gasteiger partial charge in [0.2, 0.25) is 0 Å². The molecule has 0 aromatic heterocycles. The smallest absolute Gasteiger partial charge is 0.164 e. The Morgan fingerprint density at radius 3 is 2.59 bits per heavy atom. The minimum atomic E-state index is -3.23. The standard InChI is InChI=1S/C18H15ClF2N2O2S2/c19-12-3-1-11(2-4-12)8-26-18-22-15-9-27(24,25)10-17(15)23(18)16-6-5-13(20)7-14(16)21/h1-7,15,17H,8-10H2/t15-,17+/m0/s1. The third kappa shape index (κ3) is 3.83. The number of aliphatic imine (C=N–C) groups is 1. The van der Waals surface area contributed by atoms with Crippen LogP contribution >= 0.6 is 23.4 Å². The molecule has 0 aliphatic carbocycles. The fourth-order valence-corrected chi connectivity index (χ4v) is 6.36. The van der Waals surface area contributed by atoms with E-state index >= 15 is 0 Å². The molecule has 1 saturated heterocycles. The molecule has 0 spiro atoms. The Kier molecular flexibility index (Phi) is 4.90. The van der Waals surface area contributed by atoms with Crippen molar-refractivity contribution < 1.29 is 17.2 Å². The zero-order valence-electron chi connectivity index (χ0n) is 14.0. The highest BCUT2D eigenvalue weighted by atomic mass is 35.5. The Morgan fingerprint density at radius 1 is 1.15 bits per heavy atom. The summed E-state index contributed by atoms with van der Waals surface area (Å²) in [6, 6.07) is 9.73.